The van der Waals surface area contributed by atoms with Crippen molar-refractivity contribution < 1.29 is 14.3 Å². The highest BCUT2D eigenvalue weighted by Crippen LogP contribution is 2.15. The molecule has 0 aliphatic heterocycles. The number of esters is 1. The van der Waals surface area contributed by atoms with Crippen molar-refractivity contribution in [3.05, 3.63) is 35.9 Å². The average molecular weight is 319 g/mol. The molecule has 0 saturated heterocycles. The van der Waals surface area contributed by atoms with Gasteiger partial charge in [0.05, 0.1) is 18.9 Å². The minimum atomic E-state index is -0.420. The molecule has 1 rings (SSSR count). The molecular formula is C19H29NO3. The van der Waals surface area contributed by atoms with E-state index in [1.54, 1.807) is 0 Å². The highest BCUT2D eigenvalue weighted by molar-refractivity contribution is 5.84. The van der Waals surface area contributed by atoms with Crippen molar-refractivity contribution in [1.82, 2.24) is 5.32 Å². The van der Waals surface area contributed by atoms with E-state index in [-0.39, 0.29) is 29.8 Å². The van der Waals surface area contributed by atoms with Crippen LogP contribution in [0.3, 0.4) is 0 Å². The van der Waals surface area contributed by atoms with Gasteiger partial charge in [0.15, 0.2) is 0 Å². The van der Waals surface area contributed by atoms with Gasteiger partial charge < -0.3 is 10.1 Å². The quantitative estimate of drug-likeness (QED) is 0.784. The fourth-order valence-electron chi connectivity index (χ4n) is 2.15. The third-order valence-corrected chi connectivity index (χ3v) is 3.18. The summed E-state index contributed by atoms with van der Waals surface area (Å²) in [5.41, 5.74) is 0.714. The number of carbonyl (C=O) groups excluding carboxylic acids is 2. The fraction of sp³-hybridized carbons (Fsp3) is 0.579. The van der Waals surface area contributed by atoms with Gasteiger partial charge in [0.2, 0.25) is 5.91 Å². The monoisotopic (exact) mass is 319 g/mol. The van der Waals surface area contributed by atoms with Crippen molar-refractivity contribution in [2.45, 2.75) is 53.0 Å². The predicted octanol–water partition coefficient (Wildman–Crippen LogP) is 3.35. The lowest BCUT2D eigenvalue weighted by atomic mass is 9.94. The van der Waals surface area contributed by atoms with Crippen molar-refractivity contribution in [1.29, 1.82) is 0 Å². The van der Waals surface area contributed by atoms with Crippen molar-refractivity contribution in [3.63, 3.8) is 0 Å². The minimum Gasteiger partial charge on any atom is -0.465 e. The normalized spacial score (nSPS) is 12.8. The van der Waals surface area contributed by atoms with Crippen LogP contribution in [0.2, 0.25) is 0 Å². The number of carbonyl (C=O) groups is 2. The lowest BCUT2D eigenvalue weighted by Gasteiger charge is -2.25. The third kappa shape index (κ3) is 8.38. The summed E-state index contributed by atoms with van der Waals surface area (Å²) >= 11 is 0. The highest BCUT2D eigenvalue weighted by Gasteiger charge is 2.26. The topological polar surface area (TPSA) is 55.4 Å². The van der Waals surface area contributed by atoms with Gasteiger partial charge in [0.25, 0.3) is 0 Å². The van der Waals surface area contributed by atoms with Crippen LogP contribution in [-0.2, 0) is 20.7 Å². The molecule has 1 N–H and O–H groups in total. The Morgan fingerprint density at radius 2 is 1.74 bits per heavy atom. The van der Waals surface area contributed by atoms with Crippen LogP contribution in [0.5, 0.6) is 0 Å². The van der Waals surface area contributed by atoms with Crippen molar-refractivity contribution >= 4 is 11.9 Å². The molecule has 0 heterocycles. The van der Waals surface area contributed by atoms with E-state index in [1.165, 1.54) is 0 Å². The van der Waals surface area contributed by atoms with E-state index < -0.39 is 5.92 Å². The summed E-state index contributed by atoms with van der Waals surface area (Å²) < 4.78 is 5.23. The van der Waals surface area contributed by atoms with E-state index in [0.717, 1.165) is 5.56 Å². The Hall–Kier alpha value is -1.84. The minimum absolute atomic E-state index is 0.101. The van der Waals surface area contributed by atoms with Gasteiger partial charge in [-0.2, -0.15) is 0 Å². The van der Waals surface area contributed by atoms with Crippen molar-refractivity contribution in [2.24, 2.45) is 11.8 Å². The molecule has 4 heteroatoms. The van der Waals surface area contributed by atoms with Crippen LogP contribution in [0.15, 0.2) is 30.3 Å². The Labute approximate surface area is 139 Å². The van der Waals surface area contributed by atoms with Gasteiger partial charge in [-0.25, -0.2) is 0 Å². The first-order valence-corrected chi connectivity index (χ1v) is 8.19. The second kappa shape index (κ2) is 8.70. The molecule has 0 bridgehead atoms. The molecule has 0 radical (unpaired) electrons. The van der Waals surface area contributed by atoms with Crippen molar-refractivity contribution in [2.75, 3.05) is 6.61 Å². The zero-order chi connectivity index (χ0) is 17.5. The molecule has 0 aliphatic carbocycles. The molecule has 128 valence electrons. The molecule has 1 aromatic rings. The smallest absolute Gasteiger partial charge is 0.306 e. The van der Waals surface area contributed by atoms with Gasteiger partial charge in [0.1, 0.15) is 0 Å². The first-order chi connectivity index (χ1) is 10.7. The first kappa shape index (κ1) is 19.2. The SMILES string of the molecule is CC(C)COC(=O)CC(Cc1ccccc1)C(=O)NC(C)(C)C. The maximum Gasteiger partial charge on any atom is 0.306 e. The van der Waals surface area contributed by atoms with Gasteiger partial charge in [-0.3, -0.25) is 9.59 Å². The van der Waals surface area contributed by atoms with Crippen LogP contribution < -0.4 is 5.32 Å². The first-order valence-electron chi connectivity index (χ1n) is 8.19. The highest BCUT2D eigenvalue weighted by atomic mass is 16.5. The summed E-state index contributed by atoms with van der Waals surface area (Å²) in [4.78, 5) is 24.5. The third-order valence-electron chi connectivity index (χ3n) is 3.18. The number of hydrogen-bond acceptors (Lipinski definition) is 3. The number of ether oxygens (including phenoxy) is 1. The van der Waals surface area contributed by atoms with Crippen LogP contribution in [-0.4, -0.2) is 24.0 Å². The van der Waals surface area contributed by atoms with Crippen LogP contribution in [0.1, 0.15) is 46.6 Å². The van der Waals surface area contributed by atoms with Crippen LogP contribution >= 0.6 is 0 Å². The molecule has 1 atom stereocenters. The average Bonchev–Trinajstić information content (AvgIpc) is 2.43. The van der Waals surface area contributed by atoms with Crippen molar-refractivity contribution in [3.8, 4) is 0 Å². The fourth-order valence-corrected chi connectivity index (χ4v) is 2.15. The Morgan fingerprint density at radius 3 is 2.26 bits per heavy atom. The molecule has 1 aromatic carbocycles. The largest absolute Gasteiger partial charge is 0.465 e. The second-order valence-electron chi connectivity index (χ2n) is 7.41. The maximum absolute atomic E-state index is 12.5. The Morgan fingerprint density at radius 1 is 1.13 bits per heavy atom. The summed E-state index contributed by atoms with van der Waals surface area (Å²) in [5, 5.41) is 2.96. The summed E-state index contributed by atoms with van der Waals surface area (Å²) in [6, 6.07) is 9.74. The molecule has 4 nitrogen and oxygen atoms in total. The van der Waals surface area contributed by atoms with E-state index in [0.29, 0.717) is 13.0 Å². The summed E-state index contributed by atoms with van der Waals surface area (Å²) in [6.07, 6.45) is 0.628. The summed E-state index contributed by atoms with van der Waals surface area (Å²) in [5.74, 6) is -0.558. The van der Waals surface area contributed by atoms with Crippen LogP contribution in [0, 0.1) is 11.8 Å². The number of nitrogens with one attached hydrogen (secondary N) is 1. The molecule has 0 saturated carbocycles. The van der Waals surface area contributed by atoms with E-state index in [2.05, 4.69) is 5.32 Å². The van der Waals surface area contributed by atoms with E-state index in [9.17, 15) is 9.59 Å². The molecule has 1 amide bonds. The van der Waals surface area contributed by atoms with E-state index >= 15 is 0 Å². The number of benzene rings is 1. The van der Waals surface area contributed by atoms with Crippen LogP contribution in [0.25, 0.3) is 0 Å². The van der Waals surface area contributed by atoms with Gasteiger partial charge in [0, 0.05) is 5.54 Å². The molecule has 0 fully saturated rings. The van der Waals surface area contributed by atoms with Gasteiger partial charge in [-0.15, -0.1) is 0 Å². The number of rotatable bonds is 7. The molecule has 23 heavy (non-hydrogen) atoms. The molecule has 0 aromatic heterocycles. The van der Waals surface area contributed by atoms with E-state index in [4.69, 9.17) is 4.74 Å². The number of amides is 1. The zero-order valence-corrected chi connectivity index (χ0v) is 14.9. The molecular weight excluding hydrogens is 290 g/mol. The standard InChI is InChI=1S/C19H29NO3/c1-14(2)13-23-17(21)12-16(18(22)20-19(3,4)5)11-15-9-7-6-8-10-15/h6-10,14,16H,11-13H2,1-5H3,(H,20,22). The Balaban J connectivity index is 2.75. The summed E-state index contributed by atoms with van der Waals surface area (Å²) in [6.45, 7) is 10.2. The second-order valence-corrected chi connectivity index (χ2v) is 7.41. The zero-order valence-electron chi connectivity index (χ0n) is 14.9. The molecule has 0 aliphatic rings. The van der Waals surface area contributed by atoms with Crippen LogP contribution in [0.4, 0.5) is 0 Å². The Bertz CT molecular complexity index is 503. The number of hydrogen-bond donors (Lipinski definition) is 1. The molecule has 1 unspecified atom stereocenters. The summed E-state index contributed by atoms with van der Waals surface area (Å²) in [7, 11) is 0. The lowest BCUT2D eigenvalue weighted by molar-refractivity contribution is -0.148. The van der Waals surface area contributed by atoms with Gasteiger partial charge in [-0.1, -0.05) is 44.2 Å². The molecule has 0 spiro atoms. The predicted molar refractivity (Wildman–Crippen MR) is 91.9 cm³/mol. The maximum atomic E-state index is 12.5. The van der Waals surface area contributed by atoms with E-state index in [1.807, 2.05) is 65.0 Å². The lowest BCUT2D eigenvalue weighted by Crippen LogP contribution is -2.45. The van der Waals surface area contributed by atoms with Gasteiger partial charge in [-0.05, 0) is 38.7 Å². The van der Waals surface area contributed by atoms with Gasteiger partial charge >= 0.3 is 5.97 Å². The Kier molecular flexibility index (Phi) is 7.27.